The van der Waals surface area contributed by atoms with E-state index in [1.54, 1.807) is 37.4 Å². The van der Waals surface area contributed by atoms with E-state index < -0.39 is 0 Å². The number of piperazine rings is 1. The highest BCUT2D eigenvalue weighted by atomic mass is 35.5. The van der Waals surface area contributed by atoms with E-state index in [1.165, 1.54) is 0 Å². The second kappa shape index (κ2) is 12.2. The van der Waals surface area contributed by atoms with E-state index in [0.717, 1.165) is 30.0 Å². The second-order valence-electron chi connectivity index (χ2n) is 8.60. The third-order valence-electron chi connectivity index (χ3n) is 6.24. The summed E-state index contributed by atoms with van der Waals surface area (Å²) < 4.78 is 11.8. The summed E-state index contributed by atoms with van der Waals surface area (Å²) in [6.45, 7) is 3.72. The Hall–Kier alpha value is -3.08. The molecule has 0 bridgehead atoms. The molecule has 36 heavy (non-hydrogen) atoms. The van der Waals surface area contributed by atoms with Crippen molar-refractivity contribution in [2.45, 2.75) is 12.7 Å². The minimum Gasteiger partial charge on any atom is -0.497 e. The van der Waals surface area contributed by atoms with Gasteiger partial charge in [-0.05, 0) is 53.6 Å². The van der Waals surface area contributed by atoms with Gasteiger partial charge in [-0.2, -0.15) is 5.26 Å². The van der Waals surface area contributed by atoms with Crippen LogP contribution in [-0.4, -0.2) is 55.5 Å². The number of methoxy groups -OCH3 is 1. The first-order chi connectivity index (χ1) is 17.5. The van der Waals surface area contributed by atoms with Crippen molar-refractivity contribution in [2.75, 3.05) is 39.8 Å². The van der Waals surface area contributed by atoms with Crippen LogP contribution in [0, 0.1) is 11.3 Å². The molecule has 186 valence electrons. The van der Waals surface area contributed by atoms with E-state index in [4.69, 9.17) is 37.9 Å². The number of hydrogen-bond acceptors (Lipinski definition) is 5. The summed E-state index contributed by atoms with van der Waals surface area (Å²) in [7, 11) is 1.65. The summed E-state index contributed by atoms with van der Waals surface area (Å²) in [6, 6.07) is 22.4. The fraction of sp³-hybridized carbons (Fsp3) is 0.286. The van der Waals surface area contributed by atoms with Gasteiger partial charge in [0.05, 0.1) is 42.0 Å². The van der Waals surface area contributed by atoms with E-state index >= 15 is 0 Å². The zero-order valence-electron chi connectivity index (χ0n) is 20.0. The molecule has 0 aliphatic carbocycles. The molecule has 0 N–H and O–H groups in total. The Labute approximate surface area is 221 Å². The van der Waals surface area contributed by atoms with Crippen LogP contribution in [0.1, 0.15) is 33.2 Å². The van der Waals surface area contributed by atoms with Gasteiger partial charge in [0.25, 0.3) is 5.91 Å². The molecule has 0 radical (unpaired) electrons. The van der Waals surface area contributed by atoms with Crippen molar-refractivity contribution in [3.8, 4) is 11.8 Å². The molecule has 1 heterocycles. The van der Waals surface area contributed by atoms with Crippen LogP contribution in [0.5, 0.6) is 5.75 Å². The maximum Gasteiger partial charge on any atom is 0.255 e. The van der Waals surface area contributed by atoms with Gasteiger partial charge in [0.1, 0.15) is 5.75 Å². The maximum absolute atomic E-state index is 13.0. The standard InChI is InChI=1S/C28H27Cl2N3O3/c1-35-24-4-2-3-22(15-24)27(36-19-21-7-5-20(17-31)6-8-21)18-32-11-13-33(14-12-32)28(34)25-10-9-23(29)16-26(25)30/h2-10,15-16,27H,11-14,18-19H2,1H3/t27-/m0/s1. The minimum atomic E-state index is -0.191. The average molecular weight is 524 g/mol. The van der Waals surface area contributed by atoms with Gasteiger partial charge in [-0.3, -0.25) is 9.69 Å². The summed E-state index contributed by atoms with van der Waals surface area (Å²) in [6.07, 6.45) is -0.191. The molecule has 3 aromatic carbocycles. The number of rotatable bonds is 8. The van der Waals surface area contributed by atoms with Crippen LogP contribution in [0.3, 0.4) is 0 Å². The highest BCUT2D eigenvalue weighted by Crippen LogP contribution is 2.26. The average Bonchev–Trinajstić information content (AvgIpc) is 2.91. The fourth-order valence-electron chi connectivity index (χ4n) is 4.17. The van der Waals surface area contributed by atoms with E-state index in [9.17, 15) is 4.79 Å². The molecule has 4 rings (SSSR count). The van der Waals surface area contributed by atoms with Crippen LogP contribution in [0.2, 0.25) is 10.0 Å². The van der Waals surface area contributed by atoms with Gasteiger partial charge in [0, 0.05) is 37.7 Å². The first kappa shape index (κ1) is 26.0. The van der Waals surface area contributed by atoms with E-state index in [0.29, 0.717) is 47.4 Å². The van der Waals surface area contributed by atoms with Crippen molar-refractivity contribution < 1.29 is 14.3 Å². The summed E-state index contributed by atoms with van der Waals surface area (Å²) in [4.78, 5) is 17.1. The zero-order valence-corrected chi connectivity index (χ0v) is 21.5. The van der Waals surface area contributed by atoms with Gasteiger partial charge in [-0.25, -0.2) is 0 Å². The number of halogens is 2. The molecule has 0 saturated carbocycles. The number of hydrogen-bond donors (Lipinski definition) is 0. The van der Waals surface area contributed by atoms with Crippen molar-refractivity contribution in [1.82, 2.24) is 9.80 Å². The smallest absolute Gasteiger partial charge is 0.255 e. The summed E-state index contributed by atoms with van der Waals surface area (Å²) in [5.74, 6) is 0.687. The van der Waals surface area contributed by atoms with Gasteiger partial charge in [0.2, 0.25) is 0 Å². The summed E-state index contributed by atoms with van der Waals surface area (Å²) in [5.41, 5.74) is 3.11. The van der Waals surface area contributed by atoms with Gasteiger partial charge >= 0.3 is 0 Å². The highest BCUT2D eigenvalue weighted by Gasteiger charge is 2.26. The number of benzene rings is 3. The molecule has 6 nitrogen and oxygen atoms in total. The lowest BCUT2D eigenvalue weighted by Gasteiger charge is -2.36. The van der Waals surface area contributed by atoms with Crippen LogP contribution >= 0.6 is 23.2 Å². The topological polar surface area (TPSA) is 65.8 Å². The molecule has 3 aromatic rings. The van der Waals surface area contributed by atoms with Gasteiger partial charge < -0.3 is 14.4 Å². The third-order valence-corrected chi connectivity index (χ3v) is 6.79. The Bertz CT molecular complexity index is 1240. The van der Waals surface area contributed by atoms with Crippen molar-refractivity contribution in [2.24, 2.45) is 0 Å². The molecule has 0 spiro atoms. The van der Waals surface area contributed by atoms with Crippen molar-refractivity contribution in [3.63, 3.8) is 0 Å². The molecule has 8 heteroatoms. The first-order valence-electron chi connectivity index (χ1n) is 11.7. The van der Waals surface area contributed by atoms with Crippen molar-refractivity contribution in [3.05, 3.63) is 99.0 Å². The normalized spacial score (nSPS) is 14.8. The lowest BCUT2D eigenvalue weighted by Crippen LogP contribution is -2.49. The molecule has 1 amide bonds. The molecule has 1 atom stereocenters. The fourth-order valence-corrected chi connectivity index (χ4v) is 4.66. The molecular formula is C28H27Cl2N3O3. The Morgan fingerprint density at radius 3 is 2.44 bits per heavy atom. The first-order valence-corrected chi connectivity index (χ1v) is 12.4. The quantitative estimate of drug-likeness (QED) is 0.385. The SMILES string of the molecule is COc1cccc([C@H](CN2CCN(C(=O)c3ccc(Cl)cc3Cl)CC2)OCc2ccc(C#N)cc2)c1. The number of nitrogens with zero attached hydrogens (tertiary/aromatic N) is 3. The largest absolute Gasteiger partial charge is 0.497 e. The number of ether oxygens (including phenoxy) is 2. The predicted octanol–water partition coefficient (Wildman–Crippen LogP) is 5.59. The van der Waals surface area contributed by atoms with E-state index in [-0.39, 0.29) is 12.0 Å². The lowest BCUT2D eigenvalue weighted by atomic mass is 10.1. The lowest BCUT2D eigenvalue weighted by molar-refractivity contribution is 0.00333. The van der Waals surface area contributed by atoms with Gasteiger partial charge in [0.15, 0.2) is 0 Å². The van der Waals surface area contributed by atoms with Gasteiger partial charge in [-0.15, -0.1) is 0 Å². The monoisotopic (exact) mass is 523 g/mol. The Kier molecular flexibility index (Phi) is 8.84. The van der Waals surface area contributed by atoms with Crippen molar-refractivity contribution >= 4 is 29.1 Å². The zero-order chi connectivity index (χ0) is 25.5. The highest BCUT2D eigenvalue weighted by molar-refractivity contribution is 6.36. The molecule has 1 aliphatic heterocycles. The summed E-state index contributed by atoms with van der Waals surface area (Å²) in [5, 5.41) is 9.90. The Morgan fingerprint density at radius 2 is 1.78 bits per heavy atom. The second-order valence-corrected chi connectivity index (χ2v) is 9.45. The van der Waals surface area contributed by atoms with Crippen LogP contribution in [-0.2, 0) is 11.3 Å². The number of carbonyl (C=O) groups excluding carboxylic acids is 1. The molecule has 1 fully saturated rings. The van der Waals surface area contributed by atoms with Gasteiger partial charge in [-0.1, -0.05) is 47.5 Å². The molecular weight excluding hydrogens is 497 g/mol. The summed E-state index contributed by atoms with van der Waals surface area (Å²) >= 11 is 12.2. The maximum atomic E-state index is 13.0. The van der Waals surface area contributed by atoms with Crippen LogP contribution in [0.15, 0.2) is 66.7 Å². The Balaban J connectivity index is 1.41. The number of nitriles is 1. The number of carbonyl (C=O) groups is 1. The molecule has 1 aliphatic rings. The van der Waals surface area contributed by atoms with E-state index in [2.05, 4.69) is 11.0 Å². The van der Waals surface area contributed by atoms with E-state index in [1.807, 2.05) is 41.3 Å². The van der Waals surface area contributed by atoms with Crippen LogP contribution in [0.4, 0.5) is 0 Å². The molecule has 0 aromatic heterocycles. The van der Waals surface area contributed by atoms with Crippen LogP contribution < -0.4 is 4.74 Å². The van der Waals surface area contributed by atoms with Crippen LogP contribution in [0.25, 0.3) is 0 Å². The Morgan fingerprint density at radius 1 is 1.03 bits per heavy atom. The number of amides is 1. The van der Waals surface area contributed by atoms with Crippen molar-refractivity contribution in [1.29, 1.82) is 5.26 Å². The molecule has 0 unspecified atom stereocenters. The molecule has 1 saturated heterocycles. The predicted molar refractivity (Wildman–Crippen MR) is 140 cm³/mol. The minimum absolute atomic E-state index is 0.0854. The third kappa shape index (κ3) is 6.57.